The quantitative estimate of drug-likeness (QED) is 0.170. The summed E-state index contributed by atoms with van der Waals surface area (Å²) in [5.74, 6) is 0.346. The number of aliphatic hydroxyl groups excluding tert-OH is 1. The van der Waals surface area contributed by atoms with Gasteiger partial charge in [-0.1, -0.05) is 73.3 Å². The van der Waals surface area contributed by atoms with E-state index in [0.29, 0.717) is 22.0 Å². The highest BCUT2D eigenvalue weighted by Crippen LogP contribution is 2.43. The third-order valence-corrected chi connectivity index (χ3v) is 7.87. The fraction of sp³-hybridized carbons (Fsp3) is 0.226. The molecule has 7 nitrogen and oxygen atoms in total. The molecule has 3 aromatic carbocycles. The van der Waals surface area contributed by atoms with Gasteiger partial charge in [-0.25, -0.2) is 0 Å². The molecule has 200 valence electrons. The molecule has 1 fully saturated rings. The first kappa shape index (κ1) is 26.9. The summed E-state index contributed by atoms with van der Waals surface area (Å²) in [4.78, 5) is 12.7. The lowest BCUT2D eigenvalue weighted by Crippen LogP contribution is -2.39. The van der Waals surface area contributed by atoms with E-state index < -0.39 is 6.29 Å². The lowest BCUT2D eigenvalue weighted by Gasteiger charge is -2.41. The van der Waals surface area contributed by atoms with E-state index in [0.717, 1.165) is 21.4 Å². The Morgan fingerprint density at radius 1 is 0.949 bits per heavy atom. The summed E-state index contributed by atoms with van der Waals surface area (Å²) >= 11 is 1.45. The summed E-state index contributed by atoms with van der Waals surface area (Å²) in [7, 11) is 0. The zero-order valence-electron chi connectivity index (χ0n) is 21.5. The topological polar surface area (TPSA) is 94.7 Å². The van der Waals surface area contributed by atoms with Gasteiger partial charge in [-0.3, -0.25) is 4.79 Å². The summed E-state index contributed by atoms with van der Waals surface area (Å²) in [5.41, 5.74) is 3.79. The molecule has 39 heavy (non-hydrogen) atoms. The molecule has 4 atom stereocenters. The van der Waals surface area contributed by atoms with Gasteiger partial charge in [0.25, 0.3) is 10.9 Å². The lowest BCUT2D eigenvalue weighted by atomic mass is 9.91. The van der Waals surface area contributed by atoms with E-state index in [1.807, 2.05) is 72.8 Å². The maximum atomic E-state index is 12.7. The third kappa shape index (κ3) is 6.49. The van der Waals surface area contributed by atoms with Crippen molar-refractivity contribution in [3.8, 4) is 0 Å². The fourth-order valence-electron chi connectivity index (χ4n) is 4.56. The second-order valence-electron chi connectivity index (χ2n) is 9.44. The molecule has 2 N–H and O–H groups in total. The average Bonchev–Trinajstić information content (AvgIpc) is 2.98. The number of hydrogen-bond acceptors (Lipinski definition) is 6. The van der Waals surface area contributed by atoms with Crippen molar-refractivity contribution < 1.29 is 24.1 Å². The number of rotatable bonds is 8. The second kappa shape index (κ2) is 12.4. The third-order valence-electron chi connectivity index (χ3n) is 6.76. The number of pyridine rings is 1. The van der Waals surface area contributed by atoms with Crippen LogP contribution < -0.4 is 10.0 Å². The van der Waals surface area contributed by atoms with Gasteiger partial charge in [0.1, 0.15) is 0 Å². The van der Waals surface area contributed by atoms with E-state index in [2.05, 4.69) is 12.2 Å². The Kier molecular flexibility index (Phi) is 8.58. The first-order valence-corrected chi connectivity index (χ1v) is 13.8. The van der Waals surface area contributed by atoms with E-state index in [-0.39, 0.29) is 30.6 Å². The molecule has 4 aromatic rings. The minimum atomic E-state index is -0.682. The number of aliphatic hydroxyl groups is 1. The van der Waals surface area contributed by atoms with Crippen LogP contribution in [-0.2, 0) is 16.1 Å². The summed E-state index contributed by atoms with van der Waals surface area (Å²) in [6.45, 7) is 2.05. The molecule has 0 bridgehead atoms. The molecule has 5 rings (SSSR count). The monoisotopic (exact) mass is 542 g/mol. The first-order valence-electron chi connectivity index (χ1n) is 12.8. The number of amides is 1. The van der Waals surface area contributed by atoms with Crippen LogP contribution in [0.4, 0.5) is 5.69 Å². The number of nitrogens with one attached hydrogen (secondary N) is 1. The second-order valence-corrected chi connectivity index (χ2v) is 10.5. The van der Waals surface area contributed by atoms with Crippen molar-refractivity contribution in [1.29, 1.82) is 0 Å². The number of ether oxygens (including phenoxy) is 2. The van der Waals surface area contributed by atoms with Gasteiger partial charge < -0.3 is 25.1 Å². The average molecular weight is 543 g/mol. The molecule has 1 aliphatic heterocycles. The van der Waals surface area contributed by atoms with E-state index >= 15 is 0 Å². The van der Waals surface area contributed by atoms with Crippen molar-refractivity contribution in [3.05, 3.63) is 131 Å². The number of carbonyl (C=O) groups is 1. The van der Waals surface area contributed by atoms with Crippen LogP contribution in [0.5, 0.6) is 0 Å². The Morgan fingerprint density at radius 3 is 2.46 bits per heavy atom. The molecular formula is C31H30N2O5S. The predicted octanol–water partition coefficient (Wildman–Crippen LogP) is 5.65. The summed E-state index contributed by atoms with van der Waals surface area (Å²) in [6, 6.07) is 29.6. The Bertz CT molecular complexity index is 1400. The Morgan fingerprint density at radius 2 is 1.72 bits per heavy atom. The van der Waals surface area contributed by atoms with Gasteiger partial charge in [0.05, 0.1) is 18.8 Å². The molecule has 1 aliphatic rings. The van der Waals surface area contributed by atoms with Crippen molar-refractivity contribution in [2.24, 2.45) is 5.92 Å². The maximum absolute atomic E-state index is 12.7. The highest BCUT2D eigenvalue weighted by Gasteiger charge is 2.38. The zero-order chi connectivity index (χ0) is 27.2. The standard InChI is InChI=1S/C31H30N2O5S/c1-21-27(20-39-28-12-5-6-17-33(28)36)37-31(38-29(21)23-15-13-22(19-34)14-16-23)25-10-7-11-26(18-25)32-30(35)24-8-3-2-4-9-24/h2-18,21,27,29,31,34H,19-20H2,1H3,(H,32,35). The molecule has 0 aliphatic carbocycles. The normalized spacial score (nSPS) is 20.9. The number of anilines is 1. The molecule has 0 saturated carbocycles. The van der Waals surface area contributed by atoms with Crippen molar-refractivity contribution in [2.45, 2.75) is 37.1 Å². The fourth-order valence-corrected chi connectivity index (χ4v) is 5.64. The molecule has 4 unspecified atom stereocenters. The van der Waals surface area contributed by atoms with E-state index in [9.17, 15) is 15.1 Å². The number of thioether (sulfide) groups is 1. The van der Waals surface area contributed by atoms with Gasteiger partial charge in [0.2, 0.25) is 0 Å². The summed E-state index contributed by atoms with van der Waals surface area (Å²) in [5, 5.41) is 25.2. The van der Waals surface area contributed by atoms with Crippen molar-refractivity contribution in [1.82, 2.24) is 0 Å². The van der Waals surface area contributed by atoms with Gasteiger partial charge in [0, 0.05) is 40.6 Å². The molecule has 1 aromatic heterocycles. The van der Waals surface area contributed by atoms with Crippen molar-refractivity contribution >= 4 is 23.4 Å². The number of nitrogens with zero attached hydrogens (tertiary/aromatic N) is 1. The summed E-state index contributed by atoms with van der Waals surface area (Å²) in [6.07, 6.45) is 0.303. The smallest absolute Gasteiger partial charge is 0.255 e. The van der Waals surface area contributed by atoms with Crippen LogP contribution in [0.2, 0.25) is 0 Å². The minimum Gasteiger partial charge on any atom is -0.618 e. The Balaban J connectivity index is 1.39. The van der Waals surface area contributed by atoms with Crippen molar-refractivity contribution in [2.75, 3.05) is 11.1 Å². The predicted molar refractivity (Wildman–Crippen MR) is 150 cm³/mol. The lowest BCUT2D eigenvalue weighted by molar-refractivity contribution is -0.645. The number of benzene rings is 3. The molecule has 0 spiro atoms. The van der Waals surface area contributed by atoms with Gasteiger partial charge >= 0.3 is 0 Å². The highest BCUT2D eigenvalue weighted by molar-refractivity contribution is 7.99. The highest BCUT2D eigenvalue weighted by atomic mass is 32.2. The van der Waals surface area contributed by atoms with Crippen LogP contribution >= 0.6 is 11.8 Å². The first-order chi connectivity index (χ1) is 19.0. The number of aromatic nitrogens is 1. The SMILES string of the molecule is CC1C(CSc2cccc[n+]2[O-])OC(c2cccc(NC(=O)c3ccccc3)c2)OC1c1ccc(CO)cc1. The molecule has 8 heteroatoms. The van der Waals surface area contributed by atoms with Gasteiger partial charge in [-0.2, -0.15) is 4.73 Å². The van der Waals surface area contributed by atoms with E-state index in [1.54, 1.807) is 24.3 Å². The Hall–Kier alpha value is -3.69. The van der Waals surface area contributed by atoms with Gasteiger partial charge in [-0.15, -0.1) is 0 Å². The molecule has 2 heterocycles. The van der Waals surface area contributed by atoms with Crippen LogP contribution in [0.3, 0.4) is 0 Å². The van der Waals surface area contributed by atoms with E-state index in [1.165, 1.54) is 18.0 Å². The number of carbonyl (C=O) groups excluding carboxylic acids is 1. The van der Waals surface area contributed by atoms with E-state index in [4.69, 9.17) is 9.47 Å². The molecule has 1 amide bonds. The van der Waals surface area contributed by atoms with Gasteiger partial charge in [-0.05, 0) is 41.5 Å². The van der Waals surface area contributed by atoms with Crippen LogP contribution in [-0.4, -0.2) is 22.9 Å². The van der Waals surface area contributed by atoms with Crippen LogP contribution in [0.25, 0.3) is 0 Å². The Labute approximate surface area is 232 Å². The molecule has 0 radical (unpaired) electrons. The summed E-state index contributed by atoms with van der Waals surface area (Å²) < 4.78 is 13.9. The van der Waals surface area contributed by atoms with Crippen molar-refractivity contribution in [3.63, 3.8) is 0 Å². The zero-order valence-corrected chi connectivity index (χ0v) is 22.3. The van der Waals surface area contributed by atoms with Crippen LogP contribution in [0, 0.1) is 11.1 Å². The van der Waals surface area contributed by atoms with Gasteiger partial charge in [0.15, 0.2) is 12.5 Å². The maximum Gasteiger partial charge on any atom is 0.255 e. The largest absolute Gasteiger partial charge is 0.618 e. The number of hydrogen-bond donors (Lipinski definition) is 2. The molecular weight excluding hydrogens is 512 g/mol. The van der Waals surface area contributed by atoms with Crippen LogP contribution in [0.1, 0.15) is 46.4 Å². The van der Waals surface area contributed by atoms with Crippen LogP contribution in [0.15, 0.2) is 108 Å². The molecule has 1 saturated heterocycles. The minimum absolute atomic E-state index is 0.0153.